The summed E-state index contributed by atoms with van der Waals surface area (Å²) in [6.07, 6.45) is 3.27. The predicted octanol–water partition coefficient (Wildman–Crippen LogP) is 3.94. The maximum absolute atomic E-state index is 11.5. The summed E-state index contributed by atoms with van der Waals surface area (Å²) >= 11 is 5.79. The van der Waals surface area contributed by atoms with Gasteiger partial charge in [-0.15, -0.1) is 0 Å². The Bertz CT molecular complexity index is 479. The first kappa shape index (κ1) is 18.3. The van der Waals surface area contributed by atoms with E-state index in [0.29, 0.717) is 30.3 Å². The largest absolute Gasteiger partial charge is 0.466 e. The first-order chi connectivity index (χ1) is 10.6. The van der Waals surface area contributed by atoms with Gasteiger partial charge in [-0.3, -0.25) is 4.79 Å². The fourth-order valence-electron chi connectivity index (χ4n) is 1.71. The van der Waals surface area contributed by atoms with Crippen molar-refractivity contribution in [3.63, 3.8) is 0 Å². The first-order valence-electron chi connectivity index (χ1n) is 7.48. The Labute approximate surface area is 135 Å². The van der Waals surface area contributed by atoms with Crippen LogP contribution in [0.1, 0.15) is 39.0 Å². The third-order valence-corrected chi connectivity index (χ3v) is 3.08. The molecule has 22 heavy (non-hydrogen) atoms. The maximum Gasteiger partial charge on any atom is 0.412 e. The van der Waals surface area contributed by atoms with E-state index < -0.39 is 6.09 Å². The van der Waals surface area contributed by atoms with Crippen molar-refractivity contribution < 1.29 is 19.1 Å². The molecule has 5 nitrogen and oxygen atoms in total. The van der Waals surface area contributed by atoms with Crippen molar-refractivity contribution in [3.05, 3.63) is 29.3 Å². The van der Waals surface area contributed by atoms with Gasteiger partial charge in [0.05, 0.1) is 6.61 Å². The highest BCUT2D eigenvalue weighted by molar-refractivity contribution is 6.30. The van der Waals surface area contributed by atoms with Gasteiger partial charge >= 0.3 is 12.1 Å². The van der Waals surface area contributed by atoms with E-state index >= 15 is 0 Å². The molecule has 0 unspecified atom stereocenters. The number of nitrogens with one attached hydrogen (secondary N) is 1. The van der Waals surface area contributed by atoms with Crippen LogP contribution < -0.4 is 10.1 Å². The Morgan fingerprint density at radius 3 is 2.77 bits per heavy atom. The Morgan fingerprint density at radius 2 is 2.05 bits per heavy atom. The summed E-state index contributed by atoms with van der Waals surface area (Å²) in [5, 5.41) is 3.07. The summed E-state index contributed by atoms with van der Waals surface area (Å²) in [5.41, 5.74) is 0. The molecular formula is C16H22ClNO4. The van der Waals surface area contributed by atoms with Crippen LogP contribution >= 0.6 is 11.6 Å². The van der Waals surface area contributed by atoms with Crippen LogP contribution in [0.5, 0.6) is 5.75 Å². The molecule has 0 spiro atoms. The summed E-state index contributed by atoms with van der Waals surface area (Å²) in [4.78, 5) is 22.9. The molecule has 0 radical (unpaired) electrons. The van der Waals surface area contributed by atoms with Gasteiger partial charge in [-0.05, 0) is 31.0 Å². The van der Waals surface area contributed by atoms with Crippen molar-refractivity contribution >= 4 is 23.7 Å². The van der Waals surface area contributed by atoms with Gasteiger partial charge in [0, 0.05) is 18.0 Å². The van der Waals surface area contributed by atoms with Gasteiger partial charge in [0.1, 0.15) is 5.75 Å². The van der Waals surface area contributed by atoms with E-state index in [9.17, 15) is 9.59 Å². The highest BCUT2D eigenvalue weighted by Gasteiger charge is 2.06. The van der Waals surface area contributed by atoms with Crippen LogP contribution in [-0.4, -0.2) is 25.2 Å². The summed E-state index contributed by atoms with van der Waals surface area (Å²) in [6.45, 7) is 2.91. The van der Waals surface area contributed by atoms with Crippen LogP contribution in [0.15, 0.2) is 24.3 Å². The van der Waals surface area contributed by atoms with Crippen molar-refractivity contribution in [3.8, 4) is 5.75 Å². The van der Waals surface area contributed by atoms with Crippen molar-refractivity contribution in [2.75, 3.05) is 13.2 Å². The SMILES string of the molecule is CCCCCOC(=O)CCCNC(=O)Oc1cccc(Cl)c1. The quantitative estimate of drug-likeness (QED) is 0.551. The summed E-state index contributed by atoms with van der Waals surface area (Å²) < 4.78 is 10.1. The van der Waals surface area contributed by atoms with E-state index in [0.717, 1.165) is 19.3 Å². The van der Waals surface area contributed by atoms with Gasteiger partial charge < -0.3 is 14.8 Å². The molecule has 0 aliphatic rings. The molecule has 0 aliphatic carbocycles. The predicted molar refractivity (Wildman–Crippen MR) is 85.2 cm³/mol. The van der Waals surface area contributed by atoms with Gasteiger partial charge in [0.2, 0.25) is 0 Å². The van der Waals surface area contributed by atoms with Crippen LogP contribution in [0.25, 0.3) is 0 Å². The molecule has 0 aromatic heterocycles. The molecule has 0 saturated carbocycles. The zero-order valence-corrected chi connectivity index (χ0v) is 13.5. The molecule has 122 valence electrons. The van der Waals surface area contributed by atoms with Crippen LogP contribution in [-0.2, 0) is 9.53 Å². The zero-order valence-electron chi connectivity index (χ0n) is 12.8. The molecule has 1 N–H and O–H groups in total. The number of hydrogen-bond acceptors (Lipinski definition) is 4. The van der Waals surface area contributed by atoms with Gasteiger partial charge in [0.15, 0.2) is 0 Å². The van der Waals surface area contributed by atoms with E-state index in [1.54, 1.807) is 24.3 Å². The normalized spacial score (nSPS) is 10.1. The minimum absolute atomic E-state index is 0.235. The third-order valence-electron chi connectivity index (χ3n) is 2.84. The molecule has 0 saturated heterocycles. The van der Waals surface area contributed by atoms with Crippen LogP contribution in [0.3, 0.4) is 0 Å². The summed E-state index contributed by atoms with van der Waals surface area (Å²) in [5.74, 6) is 0.140. The Balaban J connectivity index is 2.08. The molecule has 6 heteroatoms. The monoisotopic (exact) mass is 327 g/mol. The number of amides is 1. The number of halogens is 1. The molecule has 1 aromatic carbocycles. The molecule has 1 aromatic rings. The number of benzene rings is 1. The Kier molecular flexibility index (Phi) is 9.07. The van der Waals surface area contributed by atoms with Gasteiger partial charge in [-0.2, -0.15) is 0 Å². The molecule has 0 heterocycles. The standard InChI is InChI=1S/C16H22ClNO4/c1-2-3-4-11-21-15(19)9-6-10-18-16(20)22-14-8-5-7-13(17)12-14/h5,7-8,12H,2-4,6,9-11H2,1H3,(H,18,20). The zero-order chi connectivity index (χ0) is 16.2. The Hall–Kier alpha value is -1.75. The second kappa shape index (κ2) is 10.9. The lowest BCUT2D eigenvalue weighted by Gasteiger charge is -2.07. The molecule has 0 atom stereocenters. The number of unbranched alkanes of at least 4 members (excludes halogenated alkanes) is 2. The average Bonchev–Trinajstić information content (AvgIpc) is 2.48. The number of ether oxygens (including phenoxy) is 2. The van der Waals surface area contributed by atoms with E-state index in [1.165, 1.54) is 0 Å². The minimum Gasteiger partial charge on any atom is -0.466 e. The minimum atomic E-state index is -0.571. The van der Waals surface area contributed by atoms with E-state index in [-0.39, 0.29) is 12.4 Å². The smallest absolute Gasteiger partial charge is 0.412 e. The lowest BCUT2D eigenvalue weighted by Crippen LogP contribution is -2.28. The van der Waals surface area contributed by atoms with Crippen LogP contribution in [0.2, 0.25) is 5.02 Å². The van der Waals surface area contributed by atoms with E-state index in [2.05, 4.69) is 12.2 Å². The first-order valence-corrected chi connectivity index (χ1v) is 7.86. The Morgan fingerprint density at radius 1 is 1.23 bits per heavy atom. The number of esters is 1. The molecule has 0 fully saturated rings. The average molecular weight is 328 g/mol. The highest BCUT2D eigenvalue weighted by Crippen LogP contribution is 2.16. The molecule has 1 rings (SSSR count). The fraction of sp³-hybridized carbons (Fsp3) is 0.500. The highest BCUT2D eigenvalue weighted by atomic mass is 35.5. The van der Waals surface area contributed by atoms with E-state index in [1.807, 2.05) is 0 Å². The summed E-state index contributed by atoms with van der Waals surface area (Å²) in [6, 6.07) is 6.58. The maximum atomic E-state index is 11.5. The molecule has 1 amide bonds. The summed E-state index contributed by atoms with van der Waals surface area (Å²) in [7, 11) is 0. The topological polar surface area (TPSA) is 64.6 Å². The second-order valence-corrected chi connectivity index (χ2v) is 5.24. The second-order valence-electron chi connectivity index (χ2n) is 4.80. The van der Waals surface area contributed by atoms with Crippen molar-refractivity contribution in [2.24, 2.45) is 0 Å². The van der Waals surface area contributed by atoms with Crippen LogP contribution in [0, 0.1) is 0 Å². The van der Waals surface area contributed by atoms with Crippen molar-refractivity contribution in [1.29, 1.82) is 0 Å². The number of rotatable bonds is 9. The fourth-order valence-corrected chi connectivity index (χ4v) is 1.89. The van der Waals surface area contributed by atoms with Crippen molar-refractivity contribution in [2.45, 2.75) is 39.0 Å². The molecular weight excluding hydrogens is 306 g/mol. The molecule has 0 bridgehead atoms. The third kappa shape index (κ3) is 8.52. The van der Waals surface area contributed by atoms with Gasteiger partial charge in [-0.25, -0.2) is 4.79 Å². The van der Waals surface area contributed by atoms with Gasteiger partial charge in [0.25, 0.3) is 0 Å². The van der Waals surface area contributed by atoms with Crippen LogP contribution in [0.4, 0.5) is 4.79 Å². The lowest BCUT2D eigenvalue weighted by atomic mass is 10.3. The van der Waals surface area contributed by atoms with E-state index in [4.69, 9.17) is 21.1 Å². The van der Waals surface area contributed by atoms with Crippen molar-refractivity contribution in [1.82, 2.24) is 5.32 Å². The number of carbonyl (C=O) groups excluding carboxylic acids is 2. The number of carbonyl (C=O) groups is 2. The van der Waals surface area contributed by atoms with Gasteiger partial charge in [-0.1, -0.05) is 37.4 Å². The lowest BCUT2D eigenvalue weighted by molar-refractivity contribution is -0.143. The number of hydrogen-bond donors (Lipinski definition) is 1. The molecule has 0 aliphatic heterocycles.